The number of pyridine rings is 2. The van der Waals surface area contributed by atoms with E-state index in [9.17, 15) is 9.59 Å². The number of aromatic carboxylic acids is 1. The number of aryl methyl sites for hydroxylation is 1. The third-order valence-corrected chi connectivity index (χ3v) is 4.71. The molecule has 1 unspecified atom stereocenters. The Morgan fingerprint density at radius 3 is 2.69 bits per heavy atom. The second-order valence-corrected chi connectivity index (χ2v) is 6.80. The Bertz CT molecular complexity index is 989. The van der Waals surface area contributed by atoms with Gasteiger partial charge in [0.1, 0.15) is 0 Å². The summed E-state index contributed by atoms with van der Waals surface area (Å²) in [5, 5.41) is 17.3. The van der Waals surface area contributed by atoms with Gasteiger partial charge in [0.25, 0.3) is 0 Å². The van der Waals surface area contributed by atoms with Crippen molar-refractivity contribution in [3.8, 4) is 5.69 Å². The summed E-state index contributed by atoms with van der Waals surface area (Å²) in [6.07, 6.45) is 9.57. The monoisotopic (exact) mass is 394 g/mol. The van der Waals surface area contributed by atoms with Crippen LogP contribution in [0.1, 0.15) is 35.0 Å². The van der Waals surface area contributed by atoms with Crippen molar-refractivity contribution in [1.29, 1.82) is 0 Å². The fourth-order valence-electron chi connectivity index (χ4n) is 2.85. The third-order valence-electron chi connectivity index (χ3n) is 4.71. The molecule has 9 nitrogen and oxygen atoms in total. The van der Waals surface area contributed by atoms with Crippen LogP contribution in [0.15, 0.2) is 49.2 Å². The van der Waals surface area contributed by atoms with E-state index in [1.54, 1.807) is 30.5 Å². The zero-order valence-corrected chi connectivity index (χ0v) is 16.3. The van der Waals surface area contributed by atoms with Crippen LogP contribution >= 0.6 is 0 Å². The van der Waals surface area contributed by atoms with E-state index in [-0.39, 0.29) is 17.5 Å². The number of amides is 1. The highest BCUT2D eigenvalue weighted by Gasteiger charge is 2.18. The minimum atomic E-state index is -1.06. The normalized spacial score (nSPS) is 11.8. The molecule has 29 heavy (non-hydrogen) atoms. The molecular formula is C20H22N6O3. The first kappa shape index (κ1) is 20.1. The predicted molar refractivity (Wildman–Crippen MR) is 105 cm³/mol. The Hall–Kier alpha value is -3.62. The van der Waals surface area contributed by atoms with Gasteiger partial charge in [-0.1, -0.05) is 5.21 Å². The number of nitrogens with zero attached hydrogens (tertiary/aromatic N) is 6. The molecule has 0 spiro atoms. The third kappa shape index (κ3) is 5.22. The lowest BCUT2D eigenvalue weighted by Gasteiger charge is -2.24. The maximum absolute atomic E-state index is 12.5. The highest BCUT2D eigenvalue weighted by Crippen LogP contribution is 2.12. The van der Waals surface area contributed by atoms with E-state index < -0.39 is 5.97 Å². The van der Waals surface area contributed by atoms with Crippen LogP contribution in [0, 0.1) is 0 Å². The van der Waals surface area contributed by atoms with E-state index in [0.29, 0.717) is 30.6 Å². The van der Waals surface area contributed by atoms with E-state index in [0.717, 1.165) is 5.56 Å². The van der Waals surface area contributed by atoms with Gasteiger partial charge in [-0.3, -0.25) is 14.8 Å². The molecule has 0 aliphatic carbocycles. The van der Waals surface area contributed by atoms with Gasteiger partial charge in [-0.15, -0.1) is 5.10 Å². The number of carboxylic acid groups (broad SMARTS) is 1. The Kier molecular flexibility index (Phi) is 6.28. The summed E-state index contributed by atoms with van der Waals surface area (Å²) in [6, 6.07) is 5.23. The van der Waals surface area contributed by atoms with E-state index >= 15 is 0 Å². The standard InChI is InChI=1S/C20H22N6O3/c1-14(25(2)19(27)4-3-15-5-7-21-8-6-15)9-17-13-26(24-23-17)18-10-16(20(28)29)11-22-12-18/h5-8,10-14H,3-4,9H2,1-2H3,(H,28,29). The summed E-state index contributed by atoms with van der Waals surface area (Å²) in [7, 11) is 1.78. The molecule has 0 aliphatic rings. The number of carbonyl (C=O) groups excluding carboxylic acids is 1. The molecule has 0 radical (unpaired) electrons. The van der Waals surface area contributed by atoms with Gasteiger partial charge >= 0.3 is 5.97 Å². The topological polar surface area (TPSA) is 114 Å². The number of carbonyl (C=O) groups is 2. The molecule has 0 aromatic carbocycles. The summed E-state index contributed by atoms with van der Waals surface area (Å²) >= 11 is 0. The molecule has 3 aromatic heterocycles. The van der Waals surface area contributed by atoms with Crippen molar-refractivity contribution in [1.82, 2.24) is 29.9 Å². The molecule has 3 heterocycles. The van der Waals surface area contributed by atoms with Crippen molar-refractivity contribution in [3.05, 3.63) is 66.0 Å². The number of aromatic nitrogens is 5. The molecular weight excluding hydrogens is 372 g/mol. The lowest BCUT2D eigenvalue weighted by molar-refractivity contribution is -0.131. The number of likely N-dealkylation sites (N-methyl/N-ethyl adjacent to an activating group) is 1. The molecule has 3 aromatic rings. The first-order chi connectivity index (χ1) is 13.9. The zero-order valence-electron chi connectivity index (χ0n) is 16.3. The number of hydrogen-bond acceptors (Lipinski definition) is 6. The summed E-state index contributed by atoms with van der Waals surface area (Å²) in [4.78, 5) is 33.2. The van der Waals surface area contributed by atoms with Crippen molar-refractivity contribution in [3.63, 3.8) is 0 Å². The van der Waals surface area contributed by atoms with Crippen molar-refractivity contribution in [2.45, 2.75) is 32.2 Å². The van der Waals surface area contributed by atoms with Crippen LogP contribution < -0.4 is 0 Å². The number of rotatable bonds is 8. The SMILES string of the molecule is CC(Cc1cn(-c2cncc(C(=O)O)c2)nn1)N(C)C(=O)CCc1ccncc1. The molecule has 9 heteroatoms. The molecule has 0 saturated heterocycles. The lowest BCUT2D eigenvalue weighted by Crippen LogP contribution is -2.36. The second-order valence-electron chi connectivity index (χ2n) is 6.80. The first-order valence-electron chi connectivity index (χ1n) is 9.18. The van der Waals surface area contributed by atoms with Crippen molar-refractivity contribution in [2.75, 3.05) is 7.05 Å². The molecule has 1 atom stereocenters. The van der Waals surface area contributed by atoms with Crippen molar-refractivity contribution >= 4 is 11.9 Å². The maximum Gasteiger partial charge on any atom is 0.337 e. The number of hydrogen-bond donors (Lipinski definition) is 1. The molecule has 3 rings (SSSR count). The molecule has 0 saturated carbocycles. The van der Waals surface area contributed by atoms with Crippen LogP contribution in [0.5, 0.6) is 0 Å². The number of carboxylic acids is 1. The molecule has 0 fully saturated rings. The molecule has 1 N–H and O–H groups in total. The van der Waals surface area contributed by atoms with Crippen molar-refractivity contribution in [2.24, 2.45) is 0 Å². The summed E-state index contributed by atoms with van der Waals surface area (Å²) in [5.74, 6) is -1.000. The van der Waals surface area contributed by atoms with Crippen LogP contribution in [0.25, 0.3) is 5.69 Å². The van der Waals surface area contributed by atoms with Crippen LogP contribution in [-0.4, -0.2) is 59.9 Å². The van der Waals surface area contributed by atoms with Gasteiger partial charge in [0.05, 0.1) is 29.3 Å². The Labute approximate surface area is 168 Å². The van der Waals surface area contributed by atoms with E-state index in [1.165, 1.54) is 23.1 Å². The Morgan fingerprint density at radius 2 is 1.97 bits per heavy atom. The van der Waals surface area contributed by atoms with Gasteiger partial charge in [-0.25, -0.2) is 9.48 Å². The van der Waals surface area contributed by atoms with Gasteiger partial charge in [-0.05, 0) is 37.1 Å². The molecule has 150 valence electrons. The second kappa shape index (κ2) is 9.05. The molecule has 1 amide bonds. The quantitative estimate of drug-likeness (QED) is 0.619. The largest absolute Gasteiger partial charge is 0.478 e. The molecule has 0 aliphatic heterocycles. The minimum absolute atomic E-state index is 0.0556. The zero-order chi connectivity index (χ0) is 20.8. The fraction of sp³-hybridized carbons (Fsp3) is 0.300. The van der Waals surface area contributed by atoms with E-state index in [2.05, 4.69) is 20.3 Å². The van der Waals surface area contributed by atoms with E-state index in [1.807, 2.05) is 19.1 Å². The van der Waals surface area contributed by atoms with E-state index in [4.69, 9.17) is 5.11 Å². The highest BCUT2D eigenvalue weighted by atomic mass is 16.4. The Morgan fingerprint density at radius 1 is 1.21 bits per heavy atom. The average Bonchev–Trinajstić information content (AvgIpc) is 3.20. The van der Waals surface area contributed by atoms with Crippen LogP contribution in [0.2, 0.25) is 0 Å². The van der Waals surface area contributed by atoms with Crippen LogP contribution in [-0.2, 0) is 17.6 Å². The smallest absolute Gasteiger partial charge is 0.337 e. The first-order valence-corrected chi connectivity index (χ1v) is 9.18. The molecule has 0 bridgehead atoms. The summed E-state index contributed by atoms with van der Waals surface area (Å²) in [6.45, 7) is 1.95. The van der Waals surface area contributed by atoms with Crippen LogP contribution in [0.3, 0.4) is 0 Å². The van der Waals surface area contributed by atoms with Gasteiger partial charge in [0.2, 0.25) is 5.91 Å². The minimum Gasteiger partial charge on any atom is -0.478 e. The van der Waals surface area contributed by atoms with Gasteiger partial charge in [0, 0.05) is 44.5 Å². The Balaban J connectivity index is 1.59. The van der Waals surface area contributed by atoms with Gasteiger partial charge in [-0.2, -0.15) is 0 Å². The van der Waals surface area contributed by atoms with Gasteiger partial charge in [0.15, 0.2) is 0 Å². The summed E-state index contributed by atoms with van der Waals surface area (Å²) in [5.41, 5.74) is 2.37. The maximum atomic E-state index is 12.5. The predicted octanol–water partition coefficient (Wildman–Crippen LogP) is 1.78. The fourth-order valence-corrected chi connectivity index (χ4v) is 2.85. The summed E-state index contributed by atoms with van der Waals surface area (Å²) < 4.78 is 1.48. The highest BCUT2D eigenvalue weighted by molar-refractivity contribution is 5.87. The lowest BCUT2D eigenvalue weighted by atomic mass is 10.1. The van der Waals surface area contributed by atoms with Gasteiger partial charge < -0.3 is 10.0 Å². The average molecular weight is 394 g/mol. The van der Waals surface area contributed by atoms with Crippen molar-refractivity contribution < 1.29 is 14.7 Å². The van der Waals surface area contributed by atoms with Crippen LogP contribution in [0.4, 0.5) is 0 Å².